The SMILES string of the molecule is COC(=O)C1=C2CC(/C=N/S(C)(=O)=O)CN2C(c2nccs2)=NC1c1ccc(F)cc1Cl. The predicted molar refractivity (Wildman–Crippen MR) is 120 cm³/mol. The van der Waals surface area contributed by atoms with Crippen LogP contribution in [0.3, 0.4) is 0 Å². The summed E-state index contributed by atoms with van der Waals surface area (Å²) in [7, 11) is -2.28. The standard InChI is InChI=1S/C20H18ClFN4O4S2/c1-30-20(27)16-15-7-11(9-24-32(2,28)29)10-26(15)18(19-23-5-6-31-19)25-17(16)13-4-3-12(22)8-14(13)21/h3-6,8-9,11,17H,7,10H2,1-2H3/b24-9+. The van der Waals surface area contributed by atoms with Crippen molar-refractivity contribution in [2.45, 2.75) is 12.5 Å². The number of carbonyl (C=O) groups is 1. The first-order valence-electron chi connectivity index (χ1n) is 9.45. The number of methoxy groups -OCH3 is 1. The Bertz CT molecular complexity index is 1260. The number of rotatable bonds is 5. The van der Waals surface area contributed by atoms with E-state index in [0.29, 0.717) is 35.1 Å². The van der Waals surface area contributed by atoms with Gasteiger partial charge in [0.05, 0.1) is 18.9 Å². The van der Waals surface area contributed by atoms with E-state index in [1.54, 1.807) is 11.6 Å². The summed E-state index contributed by atoms with van der Waals surface area (Å²) >= 11 is 7.69. The first-order valence-corrected chi connectivity index (χ1v) is 12.6. The zero-order valence-corrected chi connectivity index (χ0v) is 19.4. The van der Waals surface area contributed by atoms with Gasteiger partial charge in [0.1, 0.15) is 11.9 Å². The van der Waals surface area contributed by atoms with Crippen molar-refractivity contribution < 1.29 is 22.3 Å². The van der Waals surface area contributed by atoms with E-state index in [2.05, 4.69) is 9.38 Å². The molecule has 2 atom stereocenters. The van der Waals surface area contributed by atoms with E-state index >= 15 is 0 Å². The first-order chi connectivity index (χ1) is 15.2. The molecule has 1 fully saturated rings. The Morgan fingerprint density at radius 1 is 1.44 bits per heavy atom. The Labute approximate surface area is 193 Å². The molecule has 32 heavy (non-hydrogen) atoms. The largest absolute Gasteiger partial charge is 0.466 e. The number of sulfonamides is 1. The quantitative estimate of drug-likeness (QED) is 0.465. The second kappa shape index (κ2) is 8.72. The lowest BCUT2D eigenvalue weighted by Gasteiger charge is -2.31. The molecular formula is C20H18ClFN4O4S2. The molecule has 0 spiro atoms. The molecule has 2 aromatic rings. The molecule has 0 saturated carbocycles. The molecule has 8 nitrogen and oxygen atoms in total. The van der Waals surface area contributed by atoms with Crippen LogP contribution in [0.25, 0.3) is 0 Å². The van der Waals surface area contributed by atoms with Gasteiger partial charge in [-0.1, -0.05) is 17.7 Å². The summed E-state index contributed by atoms with van der Waals surface area (Å²) in [6, 6.07) is 3.06. The normalized spacial score (nSPS) is 21.1. The summed E-state index contributed by atoms with van der Waals surface area (Å²) in [6.07, 6.45) is 4.36. The molecule has 0 radical (unpaired) electrons. The average molecular weight is 497 g/mol. The number of halogens is 2. The number of aliphatic imine (C=N–C) groups is 1. The molecule has 168 valence electrons. The van der Waals surface area contributed by atoms with Crippen LogP contribution in [0.4, 0.5) is 4.39 Å². The summed E-state index contributed by atoms with van der Waals surface area (Å²) in [6.45, 7) is 0.358. The second-order valence-corrected chi connectivity index (χ2v) is 10.3. The van der Waals surface area contributed by atoms with E-state index in [1.807, 2.05) is 4.90 Å². The van der Waals surface area contributed by atoms with E-state index in [0.717, 1.165) is 12.3 Å². The lowest BCUT2D eigenvalue weighted by atomic mass is 9.94. The molecule has 0 aliphatic carbocycles. The first kappa shape index (κ1) is 22.6. The number of esters is 1. The maximum absolute atomic E-state index is 13.7. The highest BCUT2D eigenvalue weighted by Gasteiger charge is 2.42. The van der Waals surface area contributed by atoms with Crippen LogP contribution in [-0.2, 0) is 19.6 Å². The van der Waals surface area contributed by atoms with Gasteiger partial charge in [0.25, 0.3) is 0 Å². The van der Waals surface area contributed by atoms with Gasteiger partial charge in [-0.2, -0.15) is 4.40 Å². The molecule has 0 bridgehead atoms. The lowest BCUT2D eigenvalue weighted by Crippen LogP contribution is -2.35. The maximum Gasteiger partial charge on any atom is 0.338 e. The molecule has 3 heterocycles. The molecule has 1 aromatic carbocycles. The van der Waals surface area contributed by atoms with Crippen molar-refractivity contribution in [1.29, 1.82) is 0 Å². The topological polar surface area (TPSA) is 101 Å². The zero-order valence-electron chi connectivity index (χ0n) is 17.0. The van der Waals surface area contributed by atoms with Gasteiger partial charge < -0.3 is 9.64 Å². The van der Waals surface area contributed by atoms with Gasteiger partial charge >= 0.3 is 5.97 Å². The zero-order chi connectivity index (χ0) is 23.0. The fourth-order valence-electron chi connectivity index (χ4n) is 3.74. The number of hydrogen-bond donors (Lipinski definition) is 0. The van der Waals surface area contributed by atoms with Crippen LogP contribution in [0.15, 0.2) is 50.4 Å². The lowest BCUT2D eigenvalue weighted by molar-refractivity contribution is -0.136. The van der Waals surface area contributed by atoms with Crippen LogP contribution in [-0.4, -0.2) is 56.2 Å². The fraction of sp³-hybridized carbons (Fsp3) is 0.300. The molecule has 2 unspecified atom stereocenters. The second-order valence-electron chi connectivity index (χ2n) is 7.27. The van der Waals surface area contributed by atoms with E-state index < -0.39 is 27.9 Å². The van der Waals surface area contributed by atoms with E-state index in [9.17, 15) is 17.6 Å². The van der Waals surface area contributed by atoms with Crippen LogP contribution in [0.1, 0.15) is 23.0 Å². The molecule has 1 saturated heterocycles. The Morgan fingerprint density at radius 2 is 2.22 bits per heavy atom. The minimum atomic E-state index is -3.55. The van der Waals surface area contributed by atoms with Crippen LogP contribution in [0.5, 0.6) is 0 Å². The molecule has 4 rings (SSSR count). The Hall–Kier alpha value is -2.63. The number of hydrogen-bond acceptors (Lipinski definition) is 8. The van der Waals surface area contributed by atoms with Crippen molar-refractivity contribution in [3.8, 4) is 0 Å². The Morgan fingerprint density at radius 3 is 2.84 bits per heavy atom. The highest BCUT2D eigenvalue weighted by molar-refractivity contribution is 7.89. The fourth-order valence-corrected chi connectivity index (χ4v) is 5.04. The number of ether oxygens (including phenoxy) is 1. The highest BCUT2D eigenvalue weighted by Crippen LogP contribution is 2.43. The molecule has 12 heteroatoms. The van der Waals surface area contributed by atoms with Gasteiger partial charge in [-0.05, 0) is 18.6 Å². The summed E-state index contributed by atoms with van der Waals surface area (Å²) in [5.74, 6) is -0.876. The average Bonchev–Trinajstić information content (AvgIpc) is 3.40. The smallest absolute Gasteiger partial charge is 0.338 e. The Kier molecular flexibility index (Phi) is 6.15. The van der Waals surface area contributed by atoms with Crippen molar-refractivity contribution in [2.24, 2.45) is 15.3 Å². The van der Waals surface area contributed by atoms with E-state index in [1.165, 1.54) is 36.8 Å². The van der Waals surface area contributed by atoms with Gasteiger partial charge in [0, 0.05) is 46.5 Å². The molecule has 1 aromatic heterocycles. The number of benzene rings is 1. The number of carbonyl (C=O) groups excluding carboxylic acids is 1. The number of thiazole rings is 1. The van der Waals surface area contributed by atoms with Gasteiger partial charge in [-0.3, -0.25) is 4.99 Å². The molecular weight excluding hydrogens is 479 g/mol. The minimum absolute atomic E-state index is 0.126. The summed E-state index contributed by atoms with van der Waals surface area (Å²) < 4.78 is 45.4. The number of amidine groups is 1. The molecule has 0 amide bonds. The number of aromatic nitrogens is 1. The Balaban J connectivity index is 1.88. The van der Waals surface area contributed by atoms with Crippen LogP contribution < -0.4 is 0 Å². The summed E-state index contributed by atoms with van der Waals surface area (Å²) in [5.41, 5.74) is 1.33. The van der Waals surface area contributed by atoms with E-state index in [4.69, 9.17) is 21.3 Å². The third kappa shape index (κ3) is 4.45. The van der Waals surface area contributed by atoms with Crippen LogP contribution >= 0.6 is 22.9 Å². The van der Waals surface area contributed by atoms with E-state index in [-0.39, 0.29) is 16.5 Å². The van der Waals surface area contributed by atoms with Crippen molar-refractivity contribution in [3.63, 3.8) is 0 Å². The third-order valence-corrected chi connectivity index (χ3v) is 6.64. The summed E-state index contributed by atoms with van der Waals surface area (Å²) in [4.78, 5) is 23.8. The molecule has 2 aliphatic rings. The van der Waals surface area contributed by atoms with Gasteiger partial charge in [0.15, 0.2) is 10.8 Å². The minimum Gasteiger partial charge on any atom is -0.466 e. The molecule has 0 N–H and O–H groups in total. The monoisotopic (exact) mass is 496 g/mol. The number of allylic oxidation sites excluding steroid dienone is 1. The van der Waals surface area contributed by atoms with Crippen molar-refractivity contribution in [1.82, 2.24) is 9.88 Å². The van der Waals surface area contributed by atoms with Crippen molar-refractivity contribution in [3.05, 3.63) is 62.5 Å². The predicted octanol–water partition coefficient (Wildman–Crippen LogP) is 3.22. The third-order valence-electron chi connectivity index (χ3n) is 5.04. The maximum atomic E-state index is 13.7. The van der Waals surface area contributed by atoms with Crippen LogP contribution in [0.2, 0.25) is 5.02 Å². The highest BCUT2D eigenvalue weighted by atomic mass is 35.5. The van der Waals surface area contributed by atoms with Gasteiger partial charge in [0.2, 0.25) is 10.0 Å². The molecule has 2 aliphatic heterocycles. The van der Waals surface area contributed by atoms with Crippen molar-refractivity contribution in [2.75, 3.05) is 19.9 Å². The van der Waals surface area contributed by atoms with Gasteiger partial charge in [-0.15, -0.1) is 11.3 Å². The number of nitrogens with zero attached hydrogens (tertiary/aromatic N) is 4. The van der Waals surface area contributed by atoms with Crippen LogP contribution in [0, 0.1) is 11.7 Å². The number of fused-ring (bicyclic) bond motifs is 1. The summed E-state index contributed by atoms with van der Waals surface area (Å²) in [5, 5.41) is 2.55. The van der Waals surface area contributed by atoms with Gasteiger partial charge in [-0.25, -0.2) is 22.6 Å². The van der Waals surface area contributed by atoms with Crippen molar-refractivity contribution >= 4 is 51.0 Å².